The molecule has 1 aliphatic heterocycles. The molecule has 0 saturated carbocycles. The maximum Gasteiger partial charge on any atom is 0.124 e. The molecule has 0 spiro atoms. The largest absolute Gasteiger partial charge is 0.382 e. The number of aromatic nitrogens is 5. The zero-order valence-electron chi connectivity index (χ0n) is 14.2. The van der Waals surface area contributed by atoms with E-state index in [1.54, 1.807) is 4.68 Å². The molecule has 0 aliphatic carbocycles. The van der Waals surface area contributed by atoms with E-state index in [4.69, 9.17) is 0 Å². The second-order valence-corrected chi connectivity index (χ2v) is 6.62. The molecule has 7 heteroatoms. The smallest absolute Gasteiger partial charge is 0.124 e. The lowest BCUT2D eigenvalue weighted by molar-refractivity contribution is 0.0417. The van der Waals surface area contributed by atoms with Gasteiger partial charge in [0.25, 0.3) is 0 Å². The fraction of sp³-hybridized carbons (Fsp3) is 0.688. The average molecular weight is 318 g/mol. The third kappa shape index (κ3) is 3.30. The van der Waals surface area contributed by atoms with Crippen molar-refractivity contribution in [1.82, 2.24) is 29.7 Å². The maximum absolute atomic E-state index is 10.9. The lowest BCUT2D eigenvalue weighted by atomic mass is 10.00. The Morgan fingerprint density at radius 1 is 1.39 bits per heavy atom. The van der Waals surface area contributed by atoms with Crippen LogP contribution >= 0.6 is 0 Å². The molecule has 1 fully saturated rings. The van der Waals surface area contributed by atoms with Crippen LogP contribution in [0.1, 0.15) is 44.6 Å². The van der Waals surface area contributed by atoms with Gasteiger partial charge in [-0.25, -0.2) is 4.68 Å². The van der Waals surface area contributed by atoms with Gasteiger partial charge in [0, 0.05) is 50.5 Å². The highest BCUT2D eigenvalue weighted by molar-refractivity contribution is 5.11. The molecule has 3 rings (SSSR count). The van der Waals surface area contributed by atoms with Crippen molar-refractivity contribution < 1.29 is 5.11 Å². The molecule has 2 aromatic rings. The van der Waals surface area contributed by atoms with Crippen LogP contribution in [0, 0.1) is 0 Å². The molecular formula is C16H26N6O. The van der Waals surface area contributed by atoms with Gasteiger partial charge < -0.3 is 5.11 Å². The lowest BCUT2D eigenvalue weighted by Gasteiger charge is -2.21. The zero-order chi connectivity index (χ0) is 16.4. The topological polar surface area (TPSA) is 72.0 Å². The Kier molecular flexibility index (Phi) is 4.50. The van der Waals surface area contributed by atoms with E-state index in [2.05, 4.69) is 47.1 Å². The van der Waals surface area contributed by atoms with Crippen LogP contribution < -0.4 is 0 Å². The van der Waals surface area contributed by atoms with Crippen molar-refractivity contribution in [2.24, 2.45) is 0 Å². The third-order valence-corrected chi connectivity index (χ3v) is 4.63. The van der Waals surface area contributed by atoms with E-state index in [9.17, 15) is 5.11 Å². The van der Waals surface area contributed by atoms with Gasteiger partial charge in [0.05, 0.1) is 6.20 Å². The first-order valence-corrected chi connectivity index (χ1v) is 8.39. The molecule has 1 saturated heterocycles. The number of aliphatic hydroxyl groups is 1. The van der Waals surface area contributed by atoms with E-state index in [-0.39, 0.29) is 6.04 Å². The summed E-state index contributed by atoms with van der Waals surface area (Å²) in [6.45, 7) is 9.52. The molecule has 126 valence electrons. The SMILES string of the molecule is CCn1nccc1CCN1CC[C@@](O)(c2cn(C(C)C)nn2)C1. The molecule has 23 heavy (non-hydrogen) atoms. The van der Waals surface area contributed by atoms with E-state index >= 15 is 0 Å². The molecular weight excluding hydrogens is 292 g/mol. The minimum absolute atomic E-state index is 0.256. The van der Waals surface area contributed by atoms with E-state index in [0.717, 1.165) is 26.1 Å². The van der Waals surface area contributed by atoms with Crippen LogP contribution in [-0.2, 0) is 18.6 Å². The summed E-state index contributed by atoms with van der Waals surface area (Å²) < 4.78 is 3.83. The molecule has 0 radical (unpaired) electrons. The first kappa shape index (κ1) is 16.1. The van der Waals surface area contributed by atoms with Crippen LogP contribution in [0.15, 0.2) is 18.5 Å². The van der Waals surface area contributed by atoms with Crippen LogP contribution in [0.25, 0.3) is 0 Å². The number of hydrogen-bond acceptors (Lipinski definition) is 5. The van der Waals surface area contributed by atoms with Gasteiger partial charge in [0.2, 0.25) is 0 Å². The van der Waals surface area contributed by atoms with Crippen molar-refractivity contribution in [1.29, 1.82) is 0 Å². The van der Waals surface area contributed by atoms with E-state index in [1.807, 2.05) is 17.1 Å². The Bertz CT molecular complexity index is 649. The highest BCUT2D eigenvalue weighted by atomic mass is 16.3. The van der Waals surface area contributed by atoms with Gasteiger partial charge in [-0.3, -0.25) is 9.58 Å². The molecule has 0 aromatic carbocycles. The summed E-state index contributed by atoms with van der Waals surface area (Å²) in [4.78, 5) is 2.29. The van der Waals surface area contributed by atoms with Crippen molar-refractivity contribution in [2.75, 3.05) is 19.6 Å². The van der Waals surface area contributed by atoms with Crippen molar-refractivity contribution in [3.63, 3.8) is 0 Å². The second kappa shape index (κ2) is 6.41. The van der Waals surface area contributed by atoms with Crippen molar-refractivity contribution in [3.05, 3.63) is 29.8 Å². The Balaban J connectivity index is 1.60. The maximum atomic E-state index is 10.9. The van der Waals surface area contributed by atoms with Crippen LogP contribution in [-0.4, -0.2) is 54.4 Å². The monoisotopic (exact) mass is 318 g/mol. The summed E-state index contributed by atoms with van der Waals surface area (Å²) in [6.07, 6.45) is 5.38. The van der Waals surface area contributed by atoms with Crippen LogP contribution in [0.3, 0.4) is 0 Å². The van der Waals surface area contributed by atoms with E-state index < -0.39 is 5.60 Å². The first-order chi connectivity index (χ1) is 11.0. The van der Waals surface area contributed by atoms with Crippen LogP contribution in [0.4, 0.5) is 0 Å². The Morgan fingerprint density at radius 2 is 2.22 bits per heavy atom. The predicted octanol–water partition coefficient (Wildman–Crippen LogP) is 1.21. The van der Waals surface area contributed by atoms with Crippen molar-refractivity contribution in [2.45, 2.75) is 51.8 Å². The normalized spacial score (nSPS) is 22.3. The standard InChI is InChI=1S/C16H26N6O/c1-4-21-14(5-8-17-21)6-9-20-10-7-16(23,12-20)15-11-22(13(2)3)19-18-15/h5,8,11,13,23H,4,6-7,9-10,12H2,1-3H3/t16-/m0/s1. The number of nitrogens with zero attached hydrogens (tertiary/aromatic N) is 6. The number of β-amino-alcohol motifs (C(OH)–C–C–N with tert-alkyl or cyclic N) is 1. The van der Waals surface area contributed by atoms with Crippen LogP contribution in [0.5, 0.6) is 0 Å². The predicted molar refractivity (Wildman–Crippen MR) is 87.0 cm³/mol. The Labute approximate surface area is 136 Å². The molecule has 1 atom stereocenters. The number of hydrogen-bond donors (Lipinski definition) is 1. The summed E-state index contributed by atoms with van der Waals surface area (Å²) >= 11 is 0. The molecule has 1 aliphatic rings. The summed E-state index contributed by atoms with van der Waals surface area (Å²) in [5.41, 5.74) is 1.05. The Hall–Kier alpha value is -1.73. The van der Waals surface area contributed by atoms with Gasteiger partial charge in [-0.1, -0.05) is 5.21 Å². The van der Waals surface area contributed by atoms with Gasteiger partial charge in [0.15, 0.2) is 0 Å². The summed E-state index contributed by atoms with van der Waals surface area (Å²) in [5.74, 6) is 0. The van der Waals surface area contributed by atoms with E-state index in [0.29, 0.717) is 18.7 Å². The summed E-state index contributed by atoms with van der Waals surface area (Å²) in [6, 6.07) is 2.33. The summed E-state index contributed by atoms with van der Waals surface area (Å²) in [5, 5.41) is 23.5. The molecule has 0 unspecified atom stereocenters. The van der Waals surface area contributed by atoms with E-state index in [1.165, 1.54) is 5.69 Å². The molecule has 3 heterocycles. The van der Waals surface area contributed by atoms with Gasteiger partial charge in [0.1, 0.15) is 11.3 Å². The van der Waals surface area contributed by atoms with Crippen molar-refractivity contribution >= 4 is 0 Å². The van der Waals surface area contributed by atoms with Gasteiger partial charge in [-0.05, 0) is 33.3 Å². The first-order valence-electron chi connectivity index (χ1n) is 8.39. The number of likely N-dealkylation sites (tertiary alicyclic amines) is 1. The lowest BCUT2D eigenvalue weighted by Crippen LogP contribution is -2.32. The molecule has 1 N–H and O–H groups in total. The minimum Gasteiger partial charge on any atom is -0.382 e. The molecule has 2 aromatic heterocycles. The third-order valence-electron chi connectivity index (χ3n) is 4.63. The van der Waals surface area contributed by atoms with Crippen LogP contribution in [0.2, 0.25) is 0 Å². The fourth-order valence-electron chi connectivity index (χ4n) is 3.14. The minimum atomic E-state index is -0.877. The molecule has 0 amide bonds. The number of rotatable bonds is 6. The second-order valence-electron chi connectivity index (χ2n) is 6.62. The van der Waals surface area contributed by atoms with Gasteiger partial charge >= 0.3 is 0 Å². The number of aryl methyl sites for hydroxylation is 1. The highest BCUT2D eigenvalue weighted by Crippen LogP contribution is 2.30. The summed E-state index contributed by atoms with van der Waals surface area (Å²) in [7, 11) is 0. The zero-order valence-corrected chi connectivity index (χ0v) is 14.2. The fourth-order valence-corrected chi connectivity index (χ4v) is 3.14. The Morgan fingerprint density at radius 3 is 2.91 bits per heavy atom. The molecule has 0 bridgehead atoms. The average Bonchev–Trinajstić information content (AvgIpc) is 3.24. The van der Waals surface area contributed by atoms with Gasteiger partial charge in [-0.15, -0.1) is 5.10 Å². The van der Waals surface area contributed by atoms with Gasteiger partial charge in [-0.2, -0.15) is 5.10 Å². The molecule has 7 nitrogen and oxygen atoms in total. The quantitative estimate of drug-likeness (QED) is 0.867. The highest BCUT2D eigenvalue weighted by Gasteiger charge is 2.40. The van der Waals surface area contributed by atoms with Crippen molar-refractivity contribution in [3.8, 4) is 0 Å².